The molecule has 0 aliphatic heterocycles. The maximum atomic E-state index is 9.21. The van der Waals surface area contributed by atoms with Crippen molar-refractivity contribution < 1.29 is 0 Å². The number of nitrogens with one attached hydrogen (secondary N) is 1. The fourth-order valence-electron chi connectivity index (χ4n) is 2.41. The maximum absolute atomic E-state index is 9.21. The van der Waals surface area contributed by atoms with Gasteiger partial charge in [-0.1, -0.05) is 35.9 Å². The molecule has 1 N–H and O–H groups in total. The van der Waals surface area contributed by atoms with E-state index < -0.39 is 0 Å². The van der Waals surface area contributed by atoms with Crippen LogP contribution in [0.4, 0.5) is 5.69 Å². The fraction of sp³-hybridized carbons (Fsp3) is 0.111. The van der Waals surface area contributed by atoms with Crippen LogP contribution < -0.4 is 5.32 Å². The van der Waals surface area contributed by atoms with Crippen LogP contribution in [0, 0.1) is 18.3 Å². The van der Waals surface area contributed by atoms with E-state index in [1.165, 1.54) is 0 Å². The van der Waals surface area contributed by atoms with Gasteiger partial charge in [0.2, 0.25) is 0 Å². The molecule has 1 aromatic heterocycles. The molecule has 4 nitrogen and oxygen atoms in total. The lowest BCUT2D eigenvalue weighted by molar-refractivity contribution is 0.848. The highest BCUT2D eigenvalue weighted by molar-refractivity contribution is 6.33. The van der Waals surface area contributed by atoms with E-state index in [2.05, 4.69) is 16.5 Å². The summed E-state index contributed by atoms with van der Waals surface area (Å²) in [5, 5.41) is 17.5. The highest BCUT2D eigenvalue weighted by Crippen LogP contribution is 2.26. The van der Waals surface area contributed by atoms with E-state index in [-0.39, 0.29) is 0 Å². The van der Waals surface area contributed by atoms with Crippen molar-refractivity contribution in [2.45, 2.75) is 13.5 Å². The minimum atomic E-state index is 0.532. The van der Waals surface area contributed by atoms with Crippen LogP contribution in [0.15, 0.2) is 54.7 Å². The standard InChI is InChI=1S/C18H15ClN4/c1-13-9-10-23(22-13)17-8-3-2-5-15(17)12-21-18-14(11-20)6-4-7-16(18)19/h2-10,21H,12H2,1H3. The number of halogens is 1. The molecule has 0 unspecified atom stereocenters. The number of rotatable bonds is 4. The Hall–Kier alpha value is -2.77. The molecule has 0 atom stereocenters. The largest absolute Gasteiger partial charge is 0.379 e. The number of benzene rings is 2. The van der Waals surface area contributed by atoms with Crippen LogP contribution in [0.3, 0.4) is 0 Å². The van der Waals surface area contributed by atoms with Gasteiger partial charge in [-0.05, 0) is 36.8 Å². The van der Waals surface area contributed by atoms with Gasteiger partial charge in [-0.25, -0.2) is 4.68 Å². The van der Waals surface area contributed by atoms with Crippen molar-refractivity contribution in [3.8, 4) is 11.8 Å². The summed E-state index contributed by atoms with van der Waals surface area (Å²) in [6.45, 7) is 2.51. The first-order chi connectivity index (χ1) is 11.2. The first kappa shape index (κ1) is 15.1. The Morgan fingerprint density at radius 2 is 2.00 bits per heavy atom. The van der Waals surface area contributed by atoms with Crippen molar-refractivity contribution in [2.75, 3.05) is 5.32 Å². The van der Waals surface area contributed by atoms with Gasteiger partial charge >= 0.3 is 0 Å². The number of aromatic nitrogens is 2. The lowest BCUT2D eigenvalue weighted by Crippen LogP contribution is -2.07. The number of para-hydroxylation sites is 2. The van der Waals surface area contributed by atoms with Crippen molar-refractivity contribution in [3.05, 3.63) is 76.6 Å². The molecule has 0 aliphatic carbocycles. The summed E-state index contributed by atoms with van der Waals surface area (Å²) in [6, 6.07) is 17.4. The van der Waals surface area contributed by atoms with Gasteiger partial charge in [0.05, 0.1) is 27.7 Å². The number of nitrogens with zero attached hydrogens (tertiary/aromatic N) is 3. The normalized spacial score (nSPS) is 10.3. The molecule has 3 aromatic rings. The molecule has 0 bridgehead atoms. The lowest BCUT2D eigenvalue weighted by atomic mass is 10.1. The fourth-order valence-corrected chi connectivity index (χ4v) is 2.65. The van der Waals surface area contributed by atoms with Crippen molar-refractivity contribution in [2.24, 2.45) is 0 Å². The minimum Gasteiger partial charge on any atom is -0.379 e. The molecular weight excluding hydrogens is 308 g/mol. The number of hydrogen-bond acceptors (Lipinski definition) is 3. The summed E-state index contributed by atoms with van der Waals surface area (Å²) < 4.78 is 1.85. The molecule has 23 heavy (non-hydrogen) atoms. The molecule has 0 saturated heterocycles. The Bertz CT molecular complexity index is 877. The Morgan fingerprint density at radius 3 is 2.74 bits per heavy atom. The molecule has 114 valence electrons. The molecule has 0 radical (unpaired) electrons. The van der Waals surface area contributed by atoms with Crippen LogP contribution in [-0.2, 0) is 6.54 Å². The topological polar surface area (TPSA) is 53.6 Å². The van der Waals surface area contributed by atoms with Gasteiger partial charge in [-0.15, -0.1) is 0 Å². The molecule has 0 amide bonds. The molecular formula is C18H15ClN4. The predicted octanol–water partition coefficient (Wildman–Crippen LogP) is 4.32. The average Bonchev–Trinajstić information content (AvgIpc) is 3.00. The summed E-state index contributed by atoms with van der Waals surface area (Å²) in [5.74, 6) is 0. The number of aryl methyl sites for hydroxylation is 1. The van der Waals surface area contributed by atoms with E-state index in [9.17, 15) is 5.26 Å². The summed E-state index contributed by atoms with van der Waals surface area (Å²) in [4.78, 5) is 0. The molecule has 1 heterocycles. The minimum absolute atomic E-state index is 0.532. The molecule has 0 saturated carbocycles. The van der Waals surface area contributed by atoms with E-state index in [0.29, 0.717) is 22.8 Å². The van der Waals surface area contributed by atoms with E-state index in [0.717, 1.165) is 16.9 Å². The van der Waals surface area contributed by atoms with E-state index >= 15 is 0 Å². The SMILES string of the molecule is Cc1ccn(-c2ccccc2CNc2c(Cl)cccc2C#N)n1. The van der Waals surface area contributed by atoms with Gasteiger partial charge in [-0.3, -0.25) is 0 Å². The third-order valence-electron chi connectivity index (χ3n) is 3.55. The van der Waals surface area contributed by atoms with Gasteiger partial charge in [-0.2, -0.15) is 10.4 Å². The van der Waals surface area contributed by atoms with Crippen LogP contribution in [-0.4, -0.2) is 9.78 Å². The van der Waals surface area contributed by atoms with E-state index in [1.54, 1.807) is 18.2 Å². The molecule has 3 rings (SSSR count). The summed E-state index contributed by atoms with van der Waals surface area (Å²) >= 11 is 6.20. The molecule has 2 aromatic carbocycles. The van der Waals surface area contributed by atoms with Crippen LogP contribution in [0.2, 0.25) is 5.02 Å². The molecule has 0 fully saturated rings. The second kappa shape index (κ2) is 6.55. The summed E-state index contributed by atoms with van der Waals surface area (Å²) in [7, 11) is 0. The second-order valence-electron chi connectivity index (χ2n) is 5.16. The van der Waals surface area contributed by atoms with Gasteiger partial charge in [0.25, 0.3) is 0 Å². The first-order valence-electron chi connectivity index (χ1n) is 7.22. The molecule has 5 heteroatoms. The van der Waals surface area contributed by atoms with Crippen molar-refractivity contribution in [1.82, 2.24) is 9.78 Å². The second-order valence-corrected chi connectivity index (χ2v) is 5.57. The van der Waals surface area contributed by atoms with Crippen molar-refractivity contribution >= 4 is 17.3 Å². The van der Waals surface area contributed by atoms with Crippen LogP contribution >= 0.6 is 11.6 Å². The average molecular weight is 323 g/mol. The monoisotopic (exact) mass is 322 g/mol. The van der Waals surface area contributed by atoms with Gasteiger partial charge in [0.15, 0.2) is 0 Å². The van der Waals surface area contributed by atoms with E-state index in [4.69, 9.17) is 11.6 Å². The van der Waals surface area contributed by atoms with Gasteiger partial charge in [0.1, 0.15) is 6.07 Å². The van der Waals surface area contributed by atoms with E-state index in [1.807, 2.05) is 48.1 Å². The molecule has 0 spiro atoms. The zero-order chi connectivity index (χ0) is 16.2. The Kier molecular flexibility index (Phi) is 4.31. The Balaban J connectivity index is 1.90. The zero-order valence-corrected chi connectivity index (χ0v) is 13.4. The predicted molar refractivity (Wildman–Crippen MR) is 91.8 cm³/mol. The Labute approximate surface area is 139 Å². The smallest absolute Gasteiger partial charge is 0.101 e. The summed E-state index contributed by atoms with van der Waals surface area (Å²) in [5.41, 5.74) is 4.22. The third kappa shape index (κ3) is 3.20. The highest BCUT2D eigenvalue weighted by atomic mass is 35.5. The number of nitriles is 1. The van der Waals surface area contributed by atoms with Gasteiger partial charge < -0.3 is 5.32 Å². The summed E-state index contributed by atoms with van der Waals surface area (Å²) in [6.07, 6.45) is 1.93. The van der Waals surface area contributed by atoms with Gasteiger partial charge in [0, 0.05) is 12.7 Å². The first-order valence-corrected chi connectivity index (χ1v) is 7.60. The van der Waals surface area contributed by atoms with Crippen LogP contribution in [0.1, 0.15) is 16.8 Å². The van der Waals surface area contributed by atoms with Crippen LogP contribution in [0.25, 0.3) is 5.69 Å². The van der Waals surface area contributed by atoms with Crippen molar-refractivity contribution in [3.63, 3.8) is 0 Å². The highest BCUT2D eigenvalue weighted by Gasteiger charge is 2.09. The lowest BCUT2D eigenvalue weighted by Gasteiger charge is -2.13. The molecule has 0 aliphatic rings. The zero-order valence-electron chi connectivity index (χ0n) is 12.6. The Morgan fingerprint density at radius 1 is 1.17 bits per heavy atom. The third-order valence-corrected chi connectivity index (χ3v) is 3.87. The van der Waals surface area contributed by atoms with Crippen molar-refractivity contribution in [1.29, 1.82) is 5.26 Å². The quantitative estimate of drug-likeness (QED) is 0.778. The number of hydrogen-bond donors (Lipinski definition) is 1. The maximum Gasteiger partial charge on any atom is 0.101 e. The number of anilines is 1. The van der Waals surface area contributed by atoms with Crippen LogP contribution in [0.5, 0.6) is 0 Å².